The van der Waals surface area contributed by atoms with Crippen molar-refractivity contribution in [2.45, 2.75) is 62.9 Å². The van der Waals surface area contributed by atoms with Gasteiger partial charge in [0.1, 0.15) is 11.9 Å². The van der Waals surface area contributed by atoms with Gasteiger partial charge in [-0.3, -0.25) is 19.4 Å². The second-order valence-corrected chi connectivity index (χ2v) is 9.68. The number of carbonyl (C=O) groups excluding carboxylic acids is 2. The molecule has 30 heavy (non-hydrogen) atoms. The van der Waals surface area contributed by atoms with Gasteiger partial charge in [0, 0.05) is 24.2 Å². The molecule has 2 amide bonds. The van der Waals surface area contributed by atoms with Crippen LogP contribution >= 0.6 is 0 Å². The fraction of sp³-hybridized carbons (Fsp3) is 0.652. The number of hydrogen-bond acceptors (Lipinski definition) is 4. The minimum Gasteiger partial charge on any atom is -0.369 e. The van der Waals surface area contributed by atoms with Crippen molar-refractivity contribution in [3.05, 3.63) is 35.1 Å². The summed E-state index contributed by atoms with van der Waals surface area (Å²) in [5.74, 6) is -0.254. The maximum Gasteiger partial charge on any atom is 0.260 e. The van der Waals surface area contributed by atoms with Crippen LogP contribution in [0, 0.1) is 17.7 Å². The first kappa shape index (κ1) is 18.8. The summed E-state index contributed by atoms with van der Waals surface area (Å²) in [4.78, 5) is 32.5. The van der Waals surface area contributed by atoms with Gasteiger partial charge in [0.25, 0.3) is 5.91 Å². The van der Waals surface area contributed by atoms with Crippen LogP contribution in [0.1, 0.15) is 60.7 Å². The Labute approximate surface area is 175 Å². The summed E-state index contributed by atoms with van der Waals surface area (Å²) in [6.45, 7) is 3.11. The van der Waals surface area contributed by atoms with Gasteiger partial charge in [-0.05, 0) is 69.5 Å². The maximum absolute atomic E-state index is 14.3. The number of nitrogens with zero attached hydrogens (tertiary/aromatic N) is 3. The fourth-order valence-electron chi connectivity index (χ4n) is 7.20. The molecule has 2 unspecified atom stereocenters. The molecule has 0 aromatic heterocycles. The Balaban J connectivity index is 1.29. The molecule has 1 aromatic rings. The quantitative estimate of drug-likeness (QED) is 0.766. The molecule has 0 spiro atoms. The average Bonchev–Trinajstić information content (AvgIpc) is 3.01. The number of aliphatic hydroxyl groups excluding tert-OH is 1. The summed E-state index contributed by atoms with van der Waals surface area (Å²) in [6.07, 6.45) is 4.81. The van der Waals surface area contributed by atoms with Crippen LogP contribution in [0.2, 0.25) is 0 Å². The van der Waals surface area contributed by atoms with Crippen molar-refractivity contribution in [2.75, 3.05) is 19.6 Å². The summed E-state index contributed by atoms with van der Waals surface area (Å²) >= 11 is 0. The van der Waals surface area contributed by atoms with Crippen LogP contribution in [0.4, 0.5) is 4.39 Å². The topological polar surface area (TPSA) is 64.1 Å². The van der Waals surface area contributed by atoms with Gasteiger partial charge in [-0.25, -0.2) is 4.39 Å². The van der Waals surface area contributed by atoms with E-state index in [1.807, 2.05) is 4.90 Å². The van der Waals surface area contributed by atoms with E-state index in [1.54, 1.807) is 6.07 Å². The third-order valence-corrected chi connectivity index (χ3v) is 8.35. The number of hydrogen-bond donors (Lipinski definition) is 1. The highest BCUT2D eigenvalue weighted by Gasteiger charge is 2.54. The molecule has 7 heteroatoms. The van der Waals surface area contributed by atoms with E-state index in [0.29, 0.717) is 24.3 Å². The molecule has 4 saturated heterocycles. The van der Waals surface area contributed by atoms with Gasteiger partial charge in [-0.2, -0.15) is 0 Å². The Morgan fingerprint density at radius 3 is 2.63 bits per heavy atom. The number of halogens is 1. The first-order chi connectivity index (χ1) is 14.6. The lowest BCUT2D eigenvalue weighted by Crippen LogP contribution is -2.69. The van der Waals surface area contributed by atoms with E-state index in [0.717, 1.165) is 19.4 Å². The zero-order valence-corrected chi connectivity index (χ0v) is 17.0. The highest BCUT2D eigenvalue weighted by molar-refractivity contribution is 6.02. The summed E-state index contributed by atoms with van der Waals surface area (Å²) in [7, 11) is 0. The molecule has 1 aromatic carbocycles. The molecule has 6 atom stereocenters. The molecule has 6 nitrogen and oxygen atoms in total. The third-order valence-electron chi connectivity index (χ3n) is 8.35. The van der Waals surface area contributed by atoms with Gasteiger partial charge >= 0.3 is 0 Å². The van der Waals surface area contributed by atoms with Crippen molar-refractivity contribution in [2.24, 2.45) is 11.8 Å². The number of carbonyl (C=O) groups is 2. The molecule has 0 bridgehead atoms. The van der Waals surface area contributed by atoms with Crippen LogP contribution in [0.15, 0.2) is 18.2 Å². The Bertz CT molecular complexity index is 906. The first-order valence-corrected chi connectivity index (χ1v) is 11.4. The number of amides is 2. The van der Waals surface area contributed by atoms with Crippen LogP contribution < -0.4 is 0 Å². The van der Waals surface area contributed by atoms with E-state index in [9.17, 15) is 19.1 Å². The summed E-state index contributed by atoms with van der Waals surface area (Å²) < 4.78 is 14.3. The zero-order valence-electron chi connectivity index (χ0n) is 17.0. The van der Waals surface area contributed by atoms with Gasteiger partial charge in [-0.1, -0.05) is 12.1 Å². The maximum atomic E-state index is 14.3. The number of fused-ring (bicyclic) bond motifs is 3. The molecule has 0 aliphatic carbocycles. The smallest absolute Gasteiger partial charge is 0.260 e. The summed E-state index contributed by atoms with van der Waals surface area (Å²) in [5, 5.41) is 10.8. The van der Waals surface area contributed by atoms with E-state index < -0.39 is 24.0 Å². The minimum absolute atomic E-state index is 0.0620. The second-order valence-electron chi connectivity index (χ2n) is 9.68. The molecule has 6 rings (SSSR count). The van der Waals surface area contributed by atoms with Crippen LogP contribution in [-0.2, 0) is 4.79 Å². The Morgan fingerprint density at radius 2 is 1.83 bits per heavy atom. The monoisotopic (exact) mass is 413 g/mol. The van der Waals surface area contributed by atoms with Crippen LogP contribution in [-0.4, -0.2) is 69.4 Å². The van der Waals surface area contributed by atoms with E-state index in [4.69, 9.17) is 0 Å². The lowest BCUT2D eigenvalue weighted by molar-refractivity contribution is -0.161. The lowest BCUT2D eigenvalue weighted by atomic mass is 9.67. The predicted molar refractivity (Wildman–Crippen MR) is 107 cm³/mol. The Kier molecular flexibility index (Phi) is 4.22. The average molecular weight is 413 g/mol. The van der Waals surface area contributed by atoms with E-state index in [2.05, 4.69) is 4.90 Å². The Hall–Kier alpha value is -1.99. The van der Waals surface area contributed by atoms with Crippen molar-refractivity contribution >= 4 is 11.8 Å². The molecule has 5 aliphatic rings. The van der Waals surface area contributed by atoms with E-state index >= 15 is 0 Å². The number of rotatable bonds is 1. The van der Waals surface area contributed by atoms with E-state index in [-0.39, 0.29) is 23.1 Å². The van der Waals surface area contributed by atoms with Crippen molar-refractivity contribution in [1.82, 2.24) is 14.7 Å². The van der Waals surface area contributed by atoms with Gasteiger partial charge < -0.3 is 10.0 Å². The predicted octanol–water partition coefficient (Wildman–Crippen LogP) is 2.14. The van der Waals surface area contributed by atoms with Crippen molar-refractivity contribution < 1.29 is 19.1 Å². The first-order valence-electron chi connectivity index (χ1n) is 11.4. The SMILES string of the molecule is O=C1c2c(F)cccc2C(O)N1C1CC[C@@H]2[C@H]3CCCN4CCC[C@@H](CN2C1=O)[C@@H]34. The highest BCUT2D eigenvalue weighted by Crippen LogP contribution is 2.46. The largest absolute Gasteiger partial charge is 0.369 e. The Morgan fingerprint density at radius 1 is 1.03 bits per heavy atom. The van der Waals surface area contributed by atoms with Gasteiger partial charge in [0.2, 0.25) is 5.91 Å². The van der Waals surface area contributed by atoms with Crippen LogP contribution in [0.25, 0.3) is 0 Å². The molecule has 0 radical (unpaired) electrons. The molecule has 5 heterocycles. The molecule has 0 saturated carbocycles. The van der Waals surface area contributed by atoms with Gasteiger partial charge in [-0.15, -0.1) is 0 Å². The number of piperidine rings is 4. The molecule has 1 N–H and O–H groups in total. The molecular formula is C23H28FN3O3. The van der Waals surface area contributed by atoms with Gasteiger partial charge in [0.05, 0.1) is 5.56 Å². The van der Waals surface area contributed by atoms with Crippen molar-refractivity contribution in [3.8, 4) is 0 Å². The van der Waals surface area contributed by atoms with Crippen LogP contribution in [0.5, 0.6) is 0 Å². The zero-order chi connectivity index (χ0) is 20.6. The summed E-state index contributed by atoms with van der Waals surface area (Å²) in [5.41, 5.74) is 0.178. The minimum atomic E-state index is -1.26. The lowest BCUT2D eigenvalue weighted by Gasteiger charge is -2.59. The highest BCUT2D eigenvalue weighted by atomic mass is 19.1. The van der Waals surface area contributed by atoms with Crippen LogP contribution in [0.3, 0.4) is 0 Å². The summed E-state index contributed by atoms with van der Waals surface area (Å²) in [6, 6.07) is 4.40. The number of benzene rings is 1. The molecular weight excluding hydrogens is 385 g/mol. The molecule has 5 aliphatic heterocycles. The normalized spacial score (nSPS) is 38.3. The van der Waals surface area contributed by atoms with Crippen molar-refractivity contribution in [1.29, 1.82) is 0 Å². The van der Waals surface area contributed by atoms with Crippen molar-refractivity contribution in [3.63, 3.8) is 0 Å². The molecule has 4 fully saturated rings. The second kappa shape index (κ2) is 6.76. The van der Waals surface area contributed by atoms with E-state index in [1.165, 1.54) is 49.4 Å². The fourth-order valence-corrected chi connectivity index (χ4v) is 7.20. The third kappa shape index (κ3) is 2.48. The van der Waals surface area contributed by atoms with Gasteiger partial charge in [0.15, 0.2) is 6.23 Å². The number of aliphatic hydroxyl groups is 1. The standard InChI is InChI=1S/C23H28FN3O3/c24-16-7-1-5-15-19(16)23(30)27(21(15)28)18-9-8-17-14-6-3-11-25-10-2-4-13(20(14)25)12-26(17)22(18)29/h1,5,7,13-14,17-18,20-21,28H,2-4,6,8-12H2/t13-,14+,17+,18?,20-,21?/m0/s1. The molecule has 160 valence electrons.